The lowest BCUT2D eigenvalue weighted by Gasteiger charge is -2.22. The highest BCUT2D eigenvalue weighted by molar-refractivity contribution is 5.32. The Balaban J connectivity index is 1.35. The monoisotopic (exact) mass is 332 g/mol. The Hall–Kier alpha value is -1.26. The predicted molar refractivity (Wildman–Crippen MR) is 97.9 cm³/mol. The Morgan fingerprint density at radius 3 is 1.67 bits per heavy atom. The highest BCUT2D eigenvalue weighted by Crippen LogP contribution is 2.22. The Morgan fingerprint density at radius 1 is 0.750 bits per heavy atom. The zero-order valence-electron chi connectivity index (χ0n) is 14.8. The highest BCUT2D eigenvalue weighted by atomic mass is 16.5. The summed E-state index contributed by atoms with van der Waals surface area (Å²) in [6, 6.07) is 8.12. The topological polar surface area (TPSA) is 42.5 Å². The van der Waals surface area contributed by atoms with E-state index < -0.39 is 0 Å². The second kappa shape index (κ2) is 9.90. The first-order valence-electron chi connectivity index (χ1n) is 9.67. The second-order valence-electron chi connectivity index (χ2n) is 7.14. The summed E-state index contributed by atoms with van der Waals surface area (Å²) < 4.78 is 11.9. The van der Waals surface area contributed by atoms with Gasteiger partial charge in [0.1, 0.15) is 11.5 Å². The number of ether oxygens (including phenoxy) is 2. The Bertz CT molecular complexity index is 429. The molecule has 2 heterocycles. The molecule has 0 spiro atoms. The minimum Gasteiger partial charge on any atom is -0.493 e. The van der Waals surface area contributed by atoms with Gasteiger partial charge >= 0.3 is 0 Å². The van der Waals surface area contributed by atoms with Crippen molar-refractivity contribution in [2.45, 2.75) is 38.5 Å². The first-order valence-corrected chi connectivity index (χ1v) is 9.67. The molecule has 2 N–H and O–H groups in total. The van der Waals surface area contributed by atoms with Crippen LogP contribution in [0.4, 0.5) is 0 Å². The average Bonchev–Trinajstić information content (AvgIpc) is 2.64. The van der Waals surface area contributed by atoms with Gasteiger partial charge in [-0.15, -0.1) is 0 Å². The minimum atomic E-state index is 0.809. The van der Waals surface area contributed by atoms with Crippen molar-refractivity contribution in [1.82, 2.24) is 10.6 Å². The summed E-state index contributed by atoms with van der Waals surface area (Å²) in [5, 5.41) is 6.83. The third-order valence-corrected chi connectivity index (χ3v) is 5.31. The molecular weight excluding hydrogens is 300 g/mol. The summed E-state index contributed by atoms with van der Waals surface area (Å²) in [6.45, 7) is 6.25. The van der Waals surface area contributed by atoms with Crippen molar-refractivity contribution in [3.05, 3.63) is 24.3 Å². The fraction of sp³-hybridized carbons (Fsp3) is 0.700. The van der Waals surface area contributed by atoms with Crippen LogP contribution in [-0.2, 0) is 0 Å². The Labute approximate surface area is 146 Å². The van der Waals surface area contributed by atoms with E-state index in [1.165, 1.54) is 25.7 Å². The van der Waals surface area contributed by atoms with Gasteiger partial charge in [-0.2, -0.15) is 0 Å². The molecule has 3 rings (SSSR count). The van der Waals surface area contributed by atoms with Gasteiger partial charge in [0.15, 0.2) is 0 Å². The molecule has 2 aliphatic rings. The molecule has 4 heteroatoms. The smallest absolute Gasteiger partial charge is 0.122 e. The molecule has 0 bridgehead atoms. The van der Waals surface area contributed by atoms with Crippen LogP contribution in [0.2, 0.25) is 0 Å². The maximum absolute atomic E-state index is 5.94. The molecule has 2 fully saturated rings. The zero-order valence-corrected chi connectivity index (χ0v) is 14.8. The average molecular weight is 332 g/mol. The summed E-state index contributed by atoms with van der Waals surface area (Å²) >= 11 is 0. The largest absolute Gasteiger partial charge is 0.493 e. The minimum absolute atomic E-state index is 0.809. The van der Waals surface area contributed by atoms with E-state index in [0.29, 0.717) is 0 Å². The predicted octanol–water partition coefficient (Wildman–Crippen LogP) is 3.22. The van der Waals surface area contributed by atoms with Crippen LogP contribution in [0.3, 0.4) is 0 Å². The fourth-order valence-corrected chi connectivity index (χ4v) is 3.68. The molecule has 2 saturated heterocycles. The van der Waals surface area contributed by atoms with Gasteiger partial charge < -0.3 is 20.1 Å². The van der Waals surface area contributed by atoms with Crippen molar-refractivity contribution < 1.29 is 9.47 Å². The van der Waals surface area contributed by atoms with Crippen LogP contribution in [0.5, 0.6) is 11.5 Å². The van der Waals surface area contributed by atoms with Gasteiger partial charge in [0.05, 0.1) is 13.2 Å². The van der Waals surface area contributed by atoms with Crippen LogP contribution in [0.15, 0.2) is 24.3 Å². The van der Waals surface area contributed by atoms with Crippen molar-refractivity contribution in [1.29, 1.82) is 0 Å². The van der Waals surface area contributed by atoms with Crippen LogP contribution in [0.1, 0.15) is 38.5 Å². The highest BCUT2D eigenvalue weighted by Gasteiger charge is 2.14. The molecule has 0 radical (unpaired) electrons. The van der Waals surface area contributed by atoms with E-state index in [1.807, 2.05) is 24.3 Å². The summed E-state index contributed by atoms with van der Waals surface area (Å²) in [4.78, 5) is 0. The molecule has 0 atom stereocenters. The number of hydrogen-bond donors (Lipinski definition) is 2. The Morgan fingerprint density at radius 2 is 1.21 bits per heavy atom. The van der Waals surface area contributed by atoms with Crippen LogP contribution < -0.4 is 20.1 Å². The van der Waals surface area contributed by atoms with Crippen LogP contribution in [0.25, 0.3) is 0 Å². The Kier molecular flexibility index (Phi) is 7.24. The number of nitrogens with one attached hydrogen (secondary N) is 2. The van der Waals surface area contributed by atoms with Gasteiger partial charge in [0, 0.05) is 6.07 Å². The summed E-state index contributed by atoms with van der Waals surface area (Å²) in [7, 11) is 0. The van der Waals surface area contributed by atoms with Crippen molar-refractivity contribution in [3.8, 4) is 11.5 Å². The molecule has 1 aromatic carbocycles. The molecule has 0 saturated carbocycles. The van der Waals surface area contributed by atoms with Gasteiger partial charge in [-0.1, -0.05) is 6.07 Å². The summed E-state index contributed by atoms with van der Waals surface area (Å²) in [5.41, 5.74) is 0. The molecule has 0 amide bonds. The zero-order chi connectivity index (χ0) is 16.5. The molecule has 0 unspecified atom stereocenters. The molecular formula is C20H32N2O2. The van der Waals surface area contributed by atoms with Gasteiger partial charge in [0.2, 0.25) is 0 Å². The molecule has 2 aliphatic heterocycles. The first kappa shape index (κ1) is 17.6. The number of piperidine rings is 2. The maximum Gasteiger partial charge on any atom is 0.122 e. The molecule has 24 heavy (non-hydrogen) atoms. The molecule has 0 aromatic heterocycles. The lowest BCUT2D eigenvalue weighted by molar-refractivity contribution is 0.243. The summed E-state index contributed by atoms with van der Waals surface area (Å²) in [5.74, 6) is 3.50. The normalized spacial score (nSPS) is 20.0. The SMILES string of the molecule is c1cc(OCCC2CCNCC2)cc(OCCC2CCNCC2)c1. The van der Waals surface area contributed by atoms with Crippen molar-refractivity contribution in [3.63, 3.8) is 0 Å². The number of benzene rings is 1. The van der Waals surface area contributed by atoms with Crippen LogP contribution >= 0.6 is 0 Å². The van der Waals surface area contributed by atoms with Gasteiger partial charge in [-0.3, -0.25) is 0 Å². The van der Waals surface area contributed by atoms with E-state index in [0.717, 1.165) is 75.6 Å². The first-order chi connectivity index (χ1) is 11.9. The second-order valence-corrected chi connectivity index (χ2v) is 7.14. The van der Waals surface area contributed by atoms with Crippen molar-refractivity contribution in [2.75, 3.05) is 39.4 Å². The van der Waals surface area contributed by atoms with E-state index in [1.54, 1.807) is 0 Å². The van der Waals surface area contributed by atoms with Gasteiger partial charge in [0.25, 0.3) is 0 Å². The quantitative estimate of drug-likeness (QED) is 0.767. The van der Waals surface area contributed by atoms with Gasteiger partial charge in [-0.25, -0.2) is 0 Å². The molecule has 4 nitrogen and oxygen atoms in total. The third kappa shape index (κ3) is 5.99. The third-order valence-electron chi connectivity index (χ3n) is 5.31. The molecule has 0 aliphatic carbocycles. The number of hydrogen-bond acceptors (Lipinski definition) is 4. The van der Waals surface area contributed by atoms with E-state index in [9.17, 15) is 0 Å². The van der Waals surface area contributed by atoms with E-state index >= 15 is 0 Å². The van der Waals surface area contributed by atoms with E-state index in [4.69, 9.17) is 9.47 Å². The van der Waals surface area contributed by atoms with Gasteiger partial charge in [-0.05, 0) is 88.7 Å². The molecule has 1 aromatic rings. The van der Waals surface area contributed by atoms with E-state index in [2.05, 4.69) is 10.6 Å². The van der Waals surface area contributed by atoms with Crippen molar-refractivity contribution >= 4 is 0 Å². The van der Waals surface area contributed by atoms with Crippen molar-refractivity contribution in [2.24, 2.45) is 11.8 Å². The van der Waals surface area contributed by atoms with Crippen LogP contribution in [0, 0.1) is 11.8 Å². The fourth-order valence-electron chi connectivity index (χ4n) is 3.68. The lowest BCUT2D eigenvalue weighted by Crippen LogP contribution is -2.28. The van der Waals surface area contributed by atoms with E-state index in [-0.39, 0.29) is 0 Å². The lowest BCUT2D eigenvalue weighted by atomic mass is 9.95. The maximum atomic E-state index is 5.94. The number of rotatable bonds is 8. The molecule has 134 valence electrons. The standard InChI is InChI=1S/C20H32N2O2/c1-2-19(23-14-8-17-4-10-21-11-5-17)16-20(3-1)24-15-9-18-6-12-22-13-7-18/h1-3,16-18,21-22H,4-15H2. The summed E-state index contributed by atoms with van der Waals surface area (Å²) in [6.07, 6.45) is 7.43. The van der Waals surface area contributed by atoms with Crippen LogP contribution in [-0.4, -0.2) is 39.4 Å².